The molecule has 4 nitrogen and oxygen atoms in total. The maximum atomic E-state index is 12.2. The average molecular weight is 337 g/mol. The van der Waals surface area contributed by atoms with Crippen molar-refractivity contribution in [3.63, 3.8) is 0 Å². The zero-order valence-corrected chi connectivity index (χ0v) is 16.0. The molecule has 1 aromatic carbocycles. The van der Waals surface area contributed by atoms with Gasteiger partial charge in [-0.25, -0.2) is 8.42 Å². The zero-order valence-electron chi connectivity index (χ0n) is 15.2. The van der Waals surface area contributed by atoms with Crippen LogP contribution in [0, 0.1) is 5.41 Å². The van der Waals surface area contributed by atoms with E-state index in [0.29, 0.717) is 0 Å². The van der Waals surface area contributed by atoms with Gasteiger partial charge >= 0.3 is 0 Å². The van der Waals surface area contributed by atoms with E-state index < -0.39 is 15.6 Å². The first-order valence-electron chi connectivity index (χ1n) is 7.86. The lowest BCUT2D eigenvalue weighted by Crippen LogP contribution is -2.58. The first-order chi connectivity index (χ1) is 10.3. The topological polar surface area (TPSA) is 63.2 Å². The van der Waals surface area contributed by atoms with Gasteiger partial charge in [-0.1, -0.05) is 45.2 Å². The lowest BCUT2D eigenvalue weighted by molar-refractivity contribution is -0.114. The molecule has 6 heteroatoms. The molecule has 0 saturated carbocycles. The minimum Gasteiger partial charge on any atom is -0.347 e. The molecule has 1 rings (SSSR count). The fraction of sp³-hybridized carbons (Fsp3) is 0.588. The Labute approximate surface area is 141 Å². The van der Waals surface area contributed by atoms with Gasteiger partial charge in [-0.15, -0.1) is 0 Å². The predicted octanol–water partition coefficient (Wildman–Crippen LogP) is 2.29. The molecule has 0 fully saturated rings. The summed E-state index contributed by atoms with van der Waals surface area (Å²) in [4.78, 5) is 11.4. The Bertz CT molecular complexity index is 675. The molecule has 0 unspecified atom stereocenters. The van der Waals surface area contributed by atoms with E-state index in [0.717, 1.165) is 5.46 Å². The minimum atomic E-state index is -3.56. The van der Waals surface area contributed by atoms with Crippen LogP contribution in [-0.4, -0.2) is 32.3 Å². The van der Waals surface area contributed by atoms with Crippen molar-refractivity contribution in [2.45, 2.75) is 58.8 Å². The molecule has 0 bridgehead atoms. The molecule has 0 radical (unpaired) electrons. The Morgan fingerprint density at radius 1 is 1.17 bits per heavy atom. The van der Waals surface area contributed by atoms with E-state index in [-0.39, 0.29) is 28.5 Å². The molecule has 0 saturated heterocycles. The summed E-state index contributed by atoms with van der Waals surface area (Å²) < 4.78 is 24.4. The zero-order chi connectivity index (χ0) is 18.1. The van der Waals surface area contributed by atoms with Crippen LogP contribution in [0.15, 0.2) is 29.2 Å². The molecule has 0 heterocycles. The van der Waals surface area contributed by atoms with Gasteiger partial charge in [0.25, 0.3) is 6.85 Å². The highest BCUT2D eigenvalue weighted by Crippen LogP contribution is 2.29. The molecule has 0 aliphatic rings. The summed E-state index contributed by atoms with van der Waals surface area (Å²) in [7, 11) is -3.56. The van der Waals surface area contributed by atoms with Crippen molar-refractivity contribution in [2.75, 3.05) is 5.75 Å². The first kappa shape index (κ1) is 19.9. The molecule has 0 aliphatic heterocycles. The molecule has 0 amide bonds. The number of hydrogen-bond donors (Lipinski definition) is 1. The average Bonchev–Trinajstić information content (AvgIpc) is 2.35. The Morgan fingerprint density at radius 2 is 1.74 bits per heavy atom. The number of nitrogens with one attached hydrogen (secondary N) is 1. The summed E-state index contributed by atoms with van der Waals surface area (Å²) in [6.07, 6.45) is 0. The number of carbonyl (C=O) groups is 1. The third kappa shape index (κ3) is 5.18. The second-order valence-corrected chi connectivity index (χ2v) is 9.76. The van der Waals surface area contributed by atoms with Crippen LogP contribution >= 0.6 is 0 Å². The number of ketones is 1. The van der Waals surface area contributed by atoms with Gasteiger partial charge < -0.3 is 5.23 Å². The quantitative estimate of drug-likeness (QED) is 0.809. The van der Waals surface area contributed by atoms with Crippen molar-refractivity contribution in [2.24, 2.45) is 5.41 Å². The Balaban J connectivity index is 3.08. The molecule has 0 atom stereocenters. The van der Waals surface area contributed by atoms with Gasteiger partial charge in [0.15, 0.2) is 9.84 Å². The molecule has 1 N–H and O–H groups in total. The Hall–Kier alpha value is -1.14. The largest absolute Gasteiger partial charge is 0.347 e. The van der Waals surface area contributed by atoms with E-state index >= 15 is 0 Å². The normalized spacial score (nSPS) is 13.0. The number of hydrogen-bond acceptors (Lipinski definition) is 4. The summed E-state index contributed by atoms with van der Waals surface area (Å²) in [6.45, 7) is 14.1. The van der Waals surface area contributed by atoms with E-state index in [4.69, 9.17) is 0 Å². The number of Topliss-reactive ketones (excluding diaryl/α,β-unsaturated/α-hetero) is 1. The Kier molecular flexibility index (Phi) is 5.86. The summed E-state index contributed by atoms with van der Waals surface area (Å²) >= 11 is 0. The third-order valence-electron chi connectivity index (χ3n) is 4.56. The summed E-state index contributed by atoms with van der Waals surface area (Å²) in [6, 6.07) is 6.84. The van der Waals surface area contributed by atoms with Gasteiger partial charge in [0.1, 0.15) is 11.5 Å². The van der Waals surface area contributed by atoms with E-state index in [9.17, 15) is 13.2 Å². The highest BCUT2D eigenvalue weighted by molar-refractivity contribution is 7.92. The van der Waals surface area contributed by atoms with E-state index in [1.165, 1.54) is 6.92 Å². The smallest absolute Gasteiger partial charge is 0.252 e. The Morgan fingerprint density at radius 3 is 2.22 bits per heavy atom. The van der Waals surface area contributed by atoms with Gasteiger partial charge in [0.2, 0.25) is 0 Å². The van der Waals surface area contributed by atoms with Gasteiger partial charge in [-0.05, 0) is 38.3 Å². The van der Waals surface area contributed by atoms with Crippen LogP contribution in [0.1, 0.15) is 41.5 Å². The van der Waals surface area contributed by atoms with Crippen molar-refractivity contribution >= 4 is 27.9 Å². The van der Waals surface area contributed by atoms with Crippen molar-refractivity contribution in [1.29, 1.82) is 0 Å². The standard InChI is InChI=1S/C17H28BNO3S/c1-13(20)12-23(21,22)15-10-8-9-14(11-15)18(7)19-17(5,6)16(2,3)4/h8-11,19H,12H2,1-7H3. The lowest BCUT2D eigenvalue weighted by atomic mass is 9.55. The molecule has 0 aromatic heterocycles. The van der Waals surface area contributed by atoms with Gasteiger partial charge in [-0.2, -0.15) is 0 Å². The summed E-state index contributed by atoms with van der Waals surface area (Å²) in [5.74, 6) is -0.804. The lowest BCUT2D eigenvalue weighted by Gasteiger charge is -2.41. The third-order valence-corrected chi connectivity index (χ3v) is 6.32. The van der Waals surface area contributed by atoms with Gasteiger partial charge in [0.05, 0.1) is 4.90 Å². The SMILES string of the molecule is CB(NC(C)(C)C(C)(C)C)c1cccc(S(=O)(=O)CC(C)=O)c1. The monoisotopic (exact) mass is 337 g/mol. The van der Waals surface area contributed by atoms with Gasteiger partial charge in [-0.3, -0.25) is 4.79 Å². The second-order valence-electron chi connectivity index (χ2n) is 7.77. The first-order valence-corrected chi connectivity index (χ1v) is 9.51. The maximum absolute atomic E-state index is 12.2. The highest BCUT2D eigenvalue weighted by Gasteiger charge is 2.34. The maximum Gasteiger partial charge on any atom is 0.252 e. The van der Waals surface area contributed by atoms with E-state index in [1.807, 2.05) is 12.9 Å². The molecule has 1 aromatic rings. The molecular formula is C17H28BNO3S. The van der Waals surface area contributed by atoms with Crippen LogP contribution in [0.5, 0.6) is 0 Å². The van der Waals surface area contributed by atoms with Crippen molar-refractivity contribution in [1.82, 2.24) is 5.23 Å². The molecule has 0 spiro atoms. The van der Waals surface area contributed by atoms with Crippen LogP contribution in [-0.2, 0) is 14.6 Å². The minimum absolute atomic E-state index is 0.00305. The summed E-state index contributed by atoms with van der Waals surface area (Å²) in [5, 5.41) is 3.57. The number of sulfone groups is 1. The fourth-order valence-electron chi connectivity index (χ4n) is 2.17. The number of benzene rings is 1. The molecule has 0 aliphatic carbocycles. The van der Waals surface area contributed by atoms with Crippen LogP contribution in [0.2, 0.25) is 6.82 Å². The molecule has 23 heavy (non-hydrogen) atoms. The number of carbonyl (C=O) groups excluding carboxylic acids is 1. The second kappa shape index (κ2) is 6.77. The van der Waals surface area contributed by atoms with Crippen LogP contribution in [0.25, 0.3) is 0 Å². The van der Waals surface area contributed by atoms with E-state index in [2.05, 4.69) is 39.8 Å². The van der Waals surface area contributed by atoms with Crippen LogP contribution < -0.4 is 10.7 Å². The van der Waals surface area contributed by atoms with Crippen LogP contribution in [0.4, 0.5) is 0 Å². The molecular weight excluding hydrogens is 309 g/mol. The van der Waals surface area contributed by atoms with Crippen LogP contribution in [0.3, 0.4) is 0 Å². The van der Waals surface area contributed by atoms with E-state index in [1.54, 1.807) is 18.2 Å². The summed E-state index contributed by atoms with van der Waals surface area (Å²) in [5.41, 5.74) is 0.826. The molecule has 128 valence electrons. The fourth-order valence-corrected chi connectivity index (χ4v) is 3.47. The van der Waals surface area contributed by atoms with Crippen molar-refractivity contribution < 1.29 is 13.2 Å². The van der Waals surface area contributed by atoms with Gasteiger partial charge in [0, 0.05) is 5.54 Å². The van der Waals surface area contributed by atoms with Crippen molar-refractivity contribution in [3.05, 3.63) is 24.3 Å². The predicted molar refractivity (Wildman–Crippen MR) is 97.1 cm³/mol. The highest BCUT2D eigenvalue weighted by atomic mass is 32.2. The number of rotatable bonds is 6. The van der Waals surface area contributed by atoms with Crippen molar-refractivity contribution in [3.8, 4) is 0 Å².